The second kappa shape index (κ2) is 6.04. The molecule has 0 atom stereocenters. The topological polar surface area (TPSA) is 26.3 Å². The van der Waals surface area contributed by atoms with Crippen LogP contribution in [0.25, 0.3) is 0 Å². The van der Waals surface area contributed by atoms with Crippen LogP contribution < -0.4 is 0 Å². The molecule has 0 aromatic heterocycles. The van der Waals surface area contributed by atoms with Crippen molar-refractivity contribution in [2.24, 2.45) is 0 Å². The molecule has 0 aliphatic rings. The van der Waals surface area contributed by atoms with Crippen molar-refractivity contribution in [1.29, 1.82) is 0 Å². The predicted molar refractivity (Wildman–Crippen MR) is 26.2 cm³/mol. The first-order valence-corrected chi connectivity index (χ1v) is 1.32. The Morgan fingerprint density at radius 2 is 1.83 bits per heavy atom. The number of rotatable bonds is 0. The van der Waals surface area contributed by atoms with E-state index in [0.29, 0.717) is 0 Å². The average Bonchev–Trinajstić information content (AvgIpc) is 1.38. The van der Waals surface area contributed by atoms with Gasteiger partial charge < -0.3 is 4.74 Å². The van der Waals surface area contributed by atoms with Gasteiger partial charge in [0.05, 0.1) is 7.11 Å². The van der Waals surface area contributed by atoms with Crippen molar-refractivity contribution in [2.75, 3.05) is 7.11 Å². The third-order valence-corrected chi connectivity index (χ3v) is 0.287. The maximum atomic E-state index is 9.59. The van der Waals surface area contributed by atoms with Crippen LogP contribution in [0.2, 0.25) is 0 Å². The monoisotopic (exact) mass is 214 g/mol. The predicted octanol–water partition coefficient (Wildman–Crippen LogP) is -0.737. The van der Waals surface area contributed by atoms with Gasteiger partial charge in [0, 0.05) is 6.92 Å². The van der Waals surface area contributed by atoms with Gasteiger partial charge >= 0.3 is 54.9 Å². The molecule has 0 amide bonds. The molecule has 0 spiro atoms. The SMILES string of the molecule is COC(C)=O.[BaH2]. The van der Waals surface area contributed by atoms with E-state index in [0.717, 1.165) is 0 Å². The molecule has 6 heavy (non-hydrogen) atoms. The second-order valence-corrected chi connectivity index (χ2v) is 0.696. The number of hydrogen-bond acceptors (Lipinski definition) is 2. The van der Waals surface area contributed by atoms with Crippen LogP contribution in [-0.2, 0) is 9.53 Å². The minimum atomic E-state index is -0.245. The Morgan fingerprint density at radius 3 is 1.83 bits per heavy atom. The van der Waals surface area contributed by atoms with Crippen molar-refractivity contribution in [3.05, 3.63) is 0 Å². The zero-order valence-electron chi connectivity index (χ0n) is 3.32. The molecule has 0 radical (unpaired) electrons. The summed E-state index contributed by atoms with van der Waals surface area (Å²) in [6.45, 7) is 1.36. The number of hydrogen-bond donors (Lipinski definition) is 0. The molecule has 0 aromatic rings. The van der Waals surface area contributed by atoms with Crippen LogP contribution in [0.5, 0.6) is 0 Å². The summed E-state index contributed by atoms with van der Waals surface area (Å²) in [5, 5.41) is 0. The van der Waals surface area contributed by atoms with Gasteiger partial charge in [-0.1, -0.05) is 0 Å². The standard InChI is InChI=1S/C3H6O2.Ba.2H/c1-3(4)5-2;;;/h1-2H3;;;. The van der Waals surface area contributed by atoms with Gasteiger partial charge in [-0.15, -0.1) is 0 Å². The van der Waals surface area contributed by atoms with Crippen LogP contribution in [0.1, 0.15) is 6.92 Å². The van der Waals surface area contributed by atoms with E-state index >= 15 is 0 Å². The average molecular weight is 213 g/mol. The van der Waals surface area contributed by atoms with Gasteiger partial charge in [0.25, 0.3) is 0 Å². The van der Waals surface area contributed by atoms with Crippen molar-refractivity contribution in [2.45, 2.75) is 6.92 Å². The van der Waals surface area contributed by atoms with E-state index < -0.39 is 0 Å². The molecule has 0 aromatic carbocycles. The first-order valence-electron chi connectivity index (χ1n) is 1.32. The molecule has 0 bridgehead atoms. The quantitative estimate of drug-likeness (QED) is 0.391. The summed E-state index contributed by atoms with van der Waals surface area (Å²) in [6.07, 6.45) is 0. The van der Waals surface area contributed by atoms with Crippen molar-refractivity contribution in [3.8, 4) is 0 Å². The van der Waals surface area contributed by atoms with E-state index in [4.69, 9.17) is 0 Å². The van der Waals surface area contributed by atoms with Gasteiger partial charge in [-0.05, 0) is 0 Å². The zero-order chi connectivity index (χ0) is 4.28. The van der Waals surface area contributed by atoms with Crippen LogP contribution >= 0.6 is 0 Å². The molecule has 0 unspecified atom stereocenters. The summed E-state index contributed by atoms with van der Waals surface area (Å²) in [4.78, 5) is 9.59. The van der Waals surface area contributed by atoms with E-state index in [9.17, 15) is 4.79 Å². The Kier molecular flexibility index (Phi) is 10.2. The van der Waals surface area contributed by atoms with E-state index in [2.05, 4.69) is 4.74 Å². The number of carbonyl (C=O) groups is 1. The van der Waals surface area contributed by atoms with Crippen LogP contribution in [0.15, 0.2) is 0 Å². The van der Waals surface area contributed by atoms with Gasteiger partial charge in [-0.2, -0.15) is 0 Å². The van der Waals surface area contributed by atoms with Gasteiger partial charge in [0.15, 0.2) is 0 Å². The summed E-state index contributed by atoms with van der Waals surface area (Å²) in [5.74, 6) is -0.245. The molecular weight excluding hydrogens is 205 g/mol. The first-order chi connectivity index (χ1) is 2.27. The molecule has 34 valence electrons. The first kappa shape index (κ1) is 10.1. The molecule has 0 heterocycles. The van der Waals surface area contributed by atoms with Crippen LogP contribution in [0.4, 0.5) is 0 Å². The number of methoxy groups -OCH3 is 1. The van der Waals surface area contributed by atoms with Gasteiger partial charge in [0.1, 0.15) is 0 Å². The Bertz CT molecular complexity index is 44.1. The van der Waals surface area contributed by atoms with Crippen molar-refractivity contribution in [1.82, 2.24) is 0 Å². The van der Waals surface area contributed by atoms with Gasteiger partial charge in [-0.3, -0.25) is 4.79 Å². The summed E-state index contributed by atoms with van der Waals surface area (Å²) in [5.41, 5.74) is 0. The van der Waals surface area contributed by atoms with E-state index in [-0.39, 0.29) is 54.9 Å². The summed E-state index contributed by atoms with van der Waals surface area (Å²) < 4.78 is 4.11. The minimum absolute atomic E-state index is 0. The van der Waals surface area contributed by atoms with Crippen molar-refractivity contribution in [3.63, 3.8) is 0 Å². The molecule has 3 heteroatoms. The Hall–Kier alpha value is 1.04. The number of esters is 1. The molecule has 2 nitrogen and oxygen atoms in total. The summed E-state index contributed by atoms with van der Waals surface area (Å²) in [6, 6.07) is 0. The summed E-state index contributed by atoms with van der Waals surface area (Å²) in [7, 11) is 1.35. The number of carbonyl (C=O) groups excluding carboxylic acids is 1. The van der Waals surface area contributed by atoms with E-state index in [1.54, 1.807) is 0 Å². The Labute approximate surface area is 77.3 Å². The molecular formula is C3H8BaO2. The third-order valence-electron chi connectivity index (χ3n) is 0.287. The van der Waals surface area contributed by atoms with Crippen LogP contribution in [0.3, 0.4) is 0 Å². The Balaban J connectivity index is 0. The van der Waals surface area contributed by atoms with Crippen molar-refractivity contribution < 1.29 is 9.53 Å². The Morgan fingerprint density at radius 1 is 1.67 bits per heavy atom. The normalized spacial score (nSPS) is 5.67. The zero-order valence-corrected chi connectivity index (χ0v) is 3.32. The van der Waals surface area contributed by atoms with Gasteiger partial charge in [-0.25, -0.2) is 0 Å². The third kappa shape index (κ3) is 8.90. The fraction of sp³-hybridized carbons (Fsp3) is 0.667. The summed E-state index contributed by atoms with van der Waals surface area (Å²) >= 11 is 0. The molecule has 0 aliphatic heterocycles. The van der Waals surface area contributed by atoms with Crippen LogP contribution in [-0.4, -0.2) is 62.0 Å². The molecule has 0 N–H and O–H groups in total. The number of ether oxygens (including phenoxy) is 1. The maximum absolute atomic E-state index is 9.59. The van der Waals surface area contributed by atoms with Crippen LogP contribution in [0, 0.1) is 0 Å². The fourth-order valence-electron chi connectivity index (χ4n) is 0. The van der Waals surface area contributed by atoms with E-state index in [1.807, 2.05) is 0 Å². The van der Waals surface area contributed by atoms with Crippen molar-refractivity contribution >= 4 is 54.9 Å². The molecule has 0 saturated heterocycles. The van der Waals surface area contributed by atoms with Gasteiger partial charge in [0.2, 0.25) is 0 Å². The fourth-order valence-corrected chi connectivity index (χ4v) is 0. The van der Waals surface area contributed by atoms with E-state index in [1.165, 1.54) is 14.0 Å². The molecule has 0 saturated carbocycles. The second-order valence-electron chi connectivity index (χ2n) is 0.696. The molecule has 0 rings (SSSR count). The molecule has 0 fully saturated rings. The molecule has 0 aliphatic carbocycles.